The molecule has 0 aromatic carbocycles. The highest BCUT2D eigenvalue weighted by atomic mass is 31.2. The van der Waals surface area contributed by atoms with Gasteiger partial charge in [-0.2, -0.15) is 0 Å². The standard InChI is InChI=1S/C42H78NO8P/c1-6-8-10-12-14-16-18-20-21-23-25-27-29-31-33-35-42(45)51-40(39-50-52(46,47)49-37-36-43(3,4)5)38-48-41(44)34-32-30-28-26-24-22-19-17-15-13-11-9-7-2/h20-22,24-25,27,40H,6-19,23,26,28-39H2,1-5H3/b21-20+,24-22+,27-25+/t40-/m1/s1. The number of likely N-dealkylation sites (N-methyl/N-ethyl adjacent to an activating group) is 1. The fourth-order valence-corrected chi connectivity index (χ4v) is 6.05. The highest BCUT2D eigenvalue weighted by Gasteiger charge is 2.21. The van der Waals surface area contributed by atoms with E-state index in [1.807, 2.05) is 21.1 Å². The maximum atomic E-state index is 12.6. The maximum Gasteiger partial charge on any atom is 0.306 e. The highest BCUT2D eigenvalue weighted by Crippen LogP contribution is 2.38. The summed E-state index contributed by atoms with van der Waals surface area (Å²) in [6, 6.07) is 0. The van der Waals surface area contributed by atoms with Crippen molar-refractivity contribution in [2.75, 3.05) is 47.5 Å². The number of esters is 2. The van der Waals surface area contributed by atoms with E-state index in [4.69, 9.17) is 18.5 Å². The second kappa shape index (κ2) is 35.0. The van der Waals surface area contributed by atoms with Crippen LogP contribution < -0.4 is 4.89 Å². The summed E-state index contributed by atoms with van der Waals surface area (Å²) in [6.07, 6.45) is 37.5. The molecule has 0 aliphatic heterocycles. The molecular weight excluding hydrogens is 677 g/mol. The van der Waals surface area contributed by atoms with Crippen LogP contribution in [0, 0.1) is 0 Å². The fourth-order valence-electron chi connectivity index (χ4n) is 5.32. The molecule has 0 fully saturated rings. The summed E-state index contributed by atoms with van der Waals surface area (Å²) in [5.41, 5.74) is 0. The van der Waals surface area contributed by atoms with Crippen molar-refractivity contribution < 1.29 is 42.1 Å². The molecule has 0 rings (SSSR count). The number of ether oxygens (including phenoxy) is 2. The second-order valence-electron chi connectivity index (χ2n) is 15.0. The molecular formula is C42H78NO8P. The molecule has 0 aliphatic rings. The average molecular weight is 756 g/mol. The number of rotatable bonds is 37. The summed E-state index contributed by atoms with van der Waals surface area (Å²) in [4.78, 5) is 37.4. The molecule has 0 radical (unpaired) electrons. The Bertz CT molecular complexity index is 991. The Morgan fingerprint density at radius 3 is 1.58 bits per heavy atom. The number of unbranched alkanes of at least 4 members (excludes halogenated alkanes) is 17. The largest absolute Gasteiger partial charge is 0.756 e. The summed E-state index contributed by atoms with van der Waals surface area (Å²) >= 11 is 0. The van der Waals surface area contributed by atoms with E-state index in [1.165, 1.54) is 77.0 Å². The SMILES string of the molecule is CCCCCCCC/C=C/C/C=C/CCCCC(=O)O[C@H](COC(=O)CCCCC/C=C/CCCCCCCC)COP(=O)([O-])OCC[N+](C)(C)C. The molecule has 0 N–H and O–H groups in total. The molecule has 2 atom stereocenters. The molecule has 52 heavy (non-hydrogen) atoms. The Kier molecular flexibility index (Phi) is 33.8. The smallest absolute Gasteiger partial charge is 0.306 e. The molecule has 0 amide bonds. The third-order valence-corrected chi connectivity index (χ3v) is 9.60. The highest BCUT2D eigenvalue weighted by molar-refractivity contribution is 7.45. The van der Waals surface area contributed by atoms with E-state index in [-0.39, 0.29) is 26.1 Å². The van der Waals surface area contributed by atoms with Crippen molar-refractivity contribution in [1.29, 1.82) is 0 Å². The number of allylic oxidation sites excluding steroid dienone is 6. The molecule has 0 aromatic heterocycles. The lowest BCUT2D eigenvalue weighted by Gasteiger charge is -2.28. The Labute approximate surface area is 319 Å². The van der Waals surface area contributed by atoms with Gasteiger partial charge < -0.3 is 27.9 Å². The Balaban J connectivity index is 4.49. The third kappa shape index (κ3) is 38.0. The van der Waals surface area contributed by atoms with Gasteiger partial charge in [0.25, 0.3) is 7.82 Å². The van der Waals surface area contributed by atoms with Crippen LogP contribution in [0.1, 0.15) is 168 Å². The Morgan fingerprint density at radius 2 is 1.04 bits per heavy atom. The van der Waals surface area contributed by atoms with E-state index in [0.29, 0.717) is 23.9 Å². The number of carbonyl (C=O) groups is 2. The van der Waals surface area contributed by atoms with Gasteiger partial charge in [-0.05, 0) is 70.6 Å². The van der Waals surface area contributed by atoms with Gasteiger partial charge in [0.1, 0.15) is 19.8 Å². The minimum absolute atomic E-state index is 0.0391. The quantitative estimate of drug-likeness (QED) is 0.0203. The summed E-state index contributed by atoms with van der Waals surface area (Å²) in [5.74, 6) is -0.893. The summed E-state index contributed by atoms with van der Waals surface area (Å²) in [7, 11) is 1.13. The molecule has 0 saturated heterocycles. The Hall–Kier alpha value is -1.77. The van der Waals surface area contributed by atoms with Gasteiger partial charge in [0, 0.05) is 12.8 Å². The number of phosphoric acid groups is 1. The molecule has 9 nitrogen and oxygen atoms in total. The van der Waals surface area contributed by atoms with Gasteiger partial charge in [-0.3, -0.25) is 14.2 Å². The number of phosphoric ester groups is 1. The molecule has 10 heteroatoms. The number of carbonyl (C=O) groups excluding carboxylic acids is 2. The van der Waals surface area contributed by atoms with Gasteiger partial charge >= 0.3 is 11.9 Å². The van der Waals surface area contributed by atoms with Crippen molar-refractivity contribution in [3.63, 3.8) is 0 Å². The van der Waals surface area contributed by atoms with Gasteiger partial charge in [0.05, 0.1) is 27.7 Å². The van der Waals surface area contributed by atoms with Crippen LogP contribution in [0.3, 0.4) is 0 Å². The van der Waals surface area contributed by atoms with Crippen molar-refractivity contribution in [3.8, 4) is 0 Å². The van der Waals surface area contributed by atoms with Crippen LogP contribution in [-0.4, -0.2) is 70.0 Å². The van der Waals surface area contributed by atoms with E-state index in [1.54, 1.807) is 0 Å². The lowest BCUT2D eigenvalue weighted by molar-refractivity contribution is -0.870. The number of nitrogens with zero attached hydrogens (tertiary/aromatic N) is 1. The van der Waals surface area contributed by atoms with Crippen LogP contribution in [0.25, 0.3) is 0 Å². The molecule has 304 valence electrons. The molecule has 0 aromatic rings. The first-order chi connectivity index (χ1) is 25.0. The van der Waals surface area contributed by atoms with Crippen molar-refractivity contribution in [2.24, 2.45) is 0 Å². The summed E-state index contributed by atoms with van der Waals surface area (Å²) in [6.45, 7) is 4.14. The predicted molar refractivity (Wildman–Crippen MR) is 213 cm³/mol. The van der Waals surface area contributed by atoms with E-state index >= 15 is 0 Å². The maximum absolute atomic E-state index is 12.6. The summed E-state index contributed by atoms with van der Waals surface area (Å²) in [5, 5.41) is 0. The zero-order valence-corrected chi connectivity index (χ0v) is 34.9. The van der Waals surface area contributed by atoms with Gasteiger partial charge in [0.2, 0.25) is 0 Å². The van der Waals surface area contributed by atoms with E-state index in [0.717, 1.165) is 51.4 Å². The zero-order valence-electron chi connectivity index (χ0n) is 34.0. The Morgan fingerprint density at radius 1 is 0.596 bits per heavy atom. The molecule has 0 saturated carbocycles. The van der Waals surface area contributed by atoms with Gasteiger partial charge in [-0.1, -0.05) is 121 Å². The first-order valence-corrected chi connectivity index (χ1v) is 22.2. The zero-order chi connectivity index (χ0) is 38.6. The van der Waals surface area contributed by atoms with Crippen molar-refractivity contribution >= 4 is 19.8 Å². The minimum Gasteiger partial charge on any atom is -0.756 e. The lowest BCUT2D eigenvalue weighted by atomic mass is 10.1. The molecule has 0 heterocycles. The second-order valence-corrected chi connectivity index (χ2v) is 16.4. The minimum atomic E-state index is -4.63. The van der Waals surface area contributed by atoms with Crippen molar-refractivity contribution in [3.05, 3.63) is 36.5 Å². The van der Waals surface area contributed by atoms with E-state index in [9.17, 15) is 19.0 Å². The van der Waals surface area contributed by atoms with Crippen LogP contribution >= 0.6 is 7.82 Å². The van der Waals surface area contributed by atoms with Crippen molar-refractivity contribution in [2.45, 2.75) is 174 Å². The van der Waals surface area contributed by atoms with Crippen molar-refractivity contribution in [1.82, 2.24) is 0 Å². The molecule has 0 bridgehead atoms. The topological polar surface area (TPSA) is 111 Å². The number of hydrogen-bond acceptors (Lipinski definition) is 8. The number of quaternary nitrogens is 1. The van der Waals surface area contributed by atoms with Crippen LogP contribution in [-0.2, 0) is 32.7 Å². The van der Waals surface area contributed by atoms with E-state index < -0.39 is 32.5 Å². The monoisotopic (exact) mass is 756 g/mol. The molecule has 1 unspecified atom stereocenters. The van der Waals surface area contributed by atoms with Gasteiger partial charge in [-0.15, -0.1) is 0 Å². The summed E-state index contributed by atoms with van der Waals surface area (Å²) < 4.78 is 33.7. The first kappa shape index (κ1) is 50.2. The first-order valence-electron chi connectivity index (χ1n) is 20.7. The van der Waals surface area contributed by atoms with Gasteiger partial charge in [0.15, 0.2) is 6.10 Å². The molecule has 0 aliphatic carbocycles. The van der Waals surface area contributed by atoms with Gasteiger partial charge in [-0.25, -0.2) is 0 Å². The predicted octanol–water partition coefficient (Wildman–Crippen LogP) is 10.7. The molecule has 0 spiro atoms. The lowest BCUT2D eigenvalue weighted by Crippen LogP contribution is -2.37. The van der Waals surface area contributed by atoms with Crippen LogP contribution in [0.5, 0.6) is 0 Å². The average Bonchev–Trinajstić information content (AvgIpc) is 3.09. The van der Waals surface area contributed by atoms with E-state index in [2.05, 4.69) is 50.3 Å². The third-order valence-electron chi connectivity index (χ3n) is 8.63. The number of hydrogen-bond donors (Lipinski definition) is 0. The normalized spacial score (nSPS) is 14.0. The van der Waals surface area contributed by atoms with Crippen LogP contribution in [0.4, 0.5) is 0 Å². The van der Waals surface area contributed by atoms with Crippen LogP contribution in [0.2, 0.25) is 0 Å². The fraction of sp³-hybridized carbons (Fsp3) is 0.810. The van der Waals surface area contributed by atoms with Crippen LogP contribution in [0.15, 0.2) is 36.5 Å².